The van der Waals surface area contributed by atoms with Crippen LogP contribution in [-0.4, -0.2) is 89.6 Å². The lowest BCUT2D eigenvalue weighted by atomic mass is 9.99. The van der Waals surface area contributed by atoms with Gasteiger partial charge in [-0.25, -0.2) is 0 Å². The van der Waals surface area contributed by atoms with E-state index in [1.807, 2.05) is 0 Å². The molecular weight excluding hydrogens is 901 g/mol. The van der Waals surface area contributed by atoms with Crippen LogP contribution in [0.2, 0.25) is 0 Å². The molecule has 0 saturated carbocycles. The van der Waals surface area contributed by atoms with E-state index in [1.54, 1.807) is 0 Å². The van der Waals surface area contributed by atoms with Gasteiger partial charge in [-0.05, 0) is 122 Å². The van der Waals surface area contributed by atoms with E-state index >= 15 is 0 Å². The van der Waals surface area contributed by atoms with E-state index in [-0.39, 0.29) is 25.6 Å². The first-order valence-corrected chi connectivity index (χ1v) is 27.6. The summed E-state index contributed by atoms with van der Waals surface area (Å²) in [6.45, 7) is 4.21. The molecule has 9 heteroatoms. The Morgan fingerprint density at radius 2 is 0.806 bits per heavy atom. The number of ether oxygens (including phenoxy) is 4. The third-order valence-electron chi connectivity index (χ3n) is 11.4. The summed E-state index contributed by atoms with van der Waals surface area (Å²) in [5.41, 5.74) is 0. The average molecular weight is 999 g/mol. The molecule has 72 heavy (non-hydrogen) atoms. The number of hydrogen-bond donors (Lipinski definition) is 4. The maximum Gasteiger partial charge on any atom is 0.306 e. The zero-order valence-corrected chi connectivity index (χ0v) is 44.6. The van der Waals surface area contributed by atoms with Crippen molar-refractivity contribution in [3.63, 3.8) is 0 Å². The molecule has 0 aromatic rings. The fourth-order valence-corrected chi connectivity index (χ4v) is 7.24. The molecule has 1 rings (SSSR count). The fourth-order valence-electron chi connectivity index (χ4n) is 7.24. The second-order valence-electron chi connectivity index (χ2n) is 17.9. The van der Waals surface area contributed by atoms with Gasteiger partial charge in [-0.3, -0.25) is 4.79 Å². The number of rotatable bonds is 45. The minimum Gasteiger partial charge on any atom is -0.457 e. The summed E-state index contributed by atoms with van der Waals surface area (Å²) in [6, 6.07) is 0. The number of carbonyl (C=O) groups is 1. The Hall–Kier alpha value is -4.19. The molecule has 6 unspecified atom stereocenters. The monoisotopic (exact) mass is 999 g/mol. The van der Waals surface area contributed by atoms with Gasteiger partial charge < -0.3 is 39.4 Å². The predicted molar refractivity (Wildman–Crippen MR) is 301 cm³/mol. The van der Waals surface area contributed by atoms with E-state index in [0.29, 0.717) is 13.0 Å². The Balaban J connectivity index is 2.27. The van der Waals surface area contributed by atoms with Gasteiger partial charge in [0.05, 0.1) is 19.8 Å². The fraction of sp³-hybridized carbons (Fsp3) is 0.571. The standard InChI is InChI=1S/C63H98O9/c1-3-5-7-9-11-13-15-17-19-21-23-25-27-29-30-32-34-36-38-40-42-44-46-48-50-52-59(65)71-57(56-70-63-62(68)61(67)60(66)58(54-64)72-63)55-69-53-51-49-47-45-43-41-39-37-35-33-31-28-26-24-22-20-18-16-14-12-10-8-6-4-2/h5-8,11-14,17-20,23-26,29-31,33-34,36-37,39-40,42,57-58,60-64,66-68H,3-4,9-10,15-16,21-22,27-28,32,35,38,41,43-56H2,1-2H3/b7-5-,8-6-,13-11-,14-12-,19-17-,20-18-,25-23-,26-24-,30-29-,33-31-,36-34-,39-37-,42-40-. The van der Waals surface area contributed by atoms with E-state index in [2.05, 4.69) is 172 Å². The molecule has 1 aliphatic rings. The van der Waals surface area contributed by atoms with Crippen LogP contribution in [-0.2, 0) is 23.7 Å². The summed E-state index contributed by atoms with van der Waals surface area (Å²) in [5.74, 6) is -0.360. The molecule has 0 aliphatic carbocycles. The Bertz CT molecular complexity index is 1660. The Labute approximate surface area is 437 Å². The topological polar surface area (TPSA) is 135 Å². The van der Waals surface area contributed by atoms with E-state index in [4.69, 9.17) is 18.9 Å². The van der Waals surface area contributed by atoms with Crippen LogP contribution in [0.5, 0.6) is 0 Å². The zero-order valence-electron chi connectivity index (χ0n) is 44.6. The van der Waals surface area contributed by atoms with Crippen molar-refractivity contribution >= 4 is 5.97 Å². The maximum atomic E-state index is 12.9. The quantitative estimate of drug-likeness (QED) is 0.0267. The molecule has 0 radical (unpaired) electrons. The Morgan fingerprint density at radius 3 is 1.21 bits per heavy atom. The Morgan fingerprint density at radius 1 is 0.444 bits per heavy atom. The van der Waals surface area contributed by atoms with E-state index in [9.17, 15) is 25.2 Å². The number of unbranched alkanes of at least 4 members (excludes halogenated alkanes) is 8. The van der Waals surface area contributed by atoms with Crippen LogP contribution in [0.25, 0.3) is 0 Å². The third kappa shape index (κ3) is 41.3. The molecule has 0 aromatic heterocycles. The van der Waals surface area contributed by atoms with Crippen molar-refractivity contribution in [2.75, 3.05) is 26.4 Å². The first-order chi connectivity index (χ1) is 35.4. The average Bonchev–Trinajstić information content (AvgIpc) is 3.38. The van der Waals surface area contributed by atoms with E-state index < -0.39 is 43.4 Å². The number of aliphatic hydroxyl groups is 4. The molecule has 1 fully saturated rings. The number of carbonyl (C=O) groups excluding carboxylic acids is 1. The molecule has 0 spiro atoms. The van der Waals surface area contributed by atoms with Gasteiger partial charge in [-0.2, -0.15) is 0 Å². The second kappa shape index (κ2) is 51.7. The summed E-state index contributed by atoms with van der Waals surface area (Å²) in [4.78, 5) is 12.9. The summed E-state index contributed by atoms with van der Waals surface area (Å²) >= 11 is 0. The molecule has 0 aromatic carbocycles. The number of allylic oxidation sites excluding steroid dienone is 26. The second-order valence-corrected chi connectivity index (χ2v) is 17.9. The van der Waals surface area contributed by atoms with Crippen molar-refractivity contribution in [2.45, 2.75) is 205 Å². The molecule has 9 nitrogen and oxygen atoms in total. The highest BCUT2D eigenvalue weighted by molar-refractivity contribution is 5.69. The van der Waals surface area contributed by atoms with Crippen LogP contribution in [0, 0.1) is 0 Å². The van der Waals surface area contributed by atoms with Gasteiger partial charge in [-0.1, -0.05) is 198 Å². The van der Waals surface area contributed by atoms with Crippen molar-refractivity contribution in [3.05, 3.63) is 158 Å². The van der Waals surface area contributed by atoms with Crippen molar-refractivity contribution < 1.29 is 44.2 Å². The van der Waals surface area contributed by atoms with Crippen LogP contribution in [0.15, 0.2) is 158 Å². The van der Waals surface area contributed by atoms with E-state index in [1.165, 1.54) is 0 Å². The summed E-state index contributed by atoms with van der Waals surface area (Å²) in [7, 11) is 0. The van der Waals surface area contributed by atoms with Gasteiger partial charge in [0.1, 0.15) is 30.5 Å². The smallest absolute Gasteiger partial charge is 0.306 e. The molecule has 1 heterocycles. The van der Waals surface area contributed by atoms with Crippen molar-refractivity contribution in [1.82, 2.24) is 0 Å². The van der Waals surface area contributed by atoms with Gasteiger partial charge in [0.15, 0.2) is 6.29 Å². The number of aliphatic hydroxyl groups excluding tert-OH is 4. The Kier molecular flexibility index (Phi) is 47.3. The summed E-state index contributed by atoms with van der Waals surface area (Å²) in [6.07, 6.45) is 72.7. The zero-order chi connectivity index (χ0) is 52.1. The van der Waals surface area contributed by atoms with Gasteiger partial charge in [0.25, 0.3) is 0 Å². The minimum absolute atomic E-state index is 0.105. The molecule has 4 N–H and O–H groups in total. The van der Waals surface area contributed by atoms with Gasteiger partial charge in [0.2, 0.25) is 0 Å². The SMILES string of the molecule is CC/C=C\C/C=C\C/C=C\C/C=C\C/C=C\C/C=C\C/C=C\CCCCCC(=O)OC(COCCCCCCC/C=C\C/C=C\C/C=C\C/C=C\C/C=C\C/C=C\CC)COC1OC(CO)C(O)C(O)C1O. The van der Waals surface area contributed by atoms with Crippen LogP contribution in [0.4, 0.5) is 0 Å². The highest BCUT2D eigenvalue weighted by Gasteiger charge is 2.44. The lowest BCUT2D eigenvalue weighted by Gasteiger charge is -2.39. The van der Waals surface area contributed by atoms with Crippen LogP contribution in [0.3, 0.4) is 0 Å². The third-order valence-corrected chi connectivity index (χ3v) is 11.4. The van der Waals surface area contributed by atoms with Gasteiger partial charge in [0, 0.05) is 13.0 Å². The van der Waals surface area contributed by atoms with Gasteiger partial charge in [-0.15, -0.1) is 0 Å². The molecule has 0 bridgehead atoms. The number of hydrogen-bond acceptors (Lipinski definition) is 9. The summed E-state index contributed by atoms with van der Waals surface area (Å²) < 4.78 is 22.9. The van der Waals surface area contributed by atoms with Crippen molar-refractivity contribution in [3.8, 4) is 0 Å². The first kappa shape index (κ1) is 65.8. The lowest BCUT2D eigenvalue weighted by molar-refractivity contribution is -0.305. The molecular formula is C63H98O9. The van der Waals surface area contributed by atoms with Crippen LogP contribution < -0.4 is 0 Å². The van der Waals surface area contributed by atoms with Crippen LogP contribution >= 0.6 is 0 Å². The van der Waals surface area contributed by atoms with Crippen molar-refractivity contribution in [2.24, 2.45) is 0 Å². The molecule has 1 aliphatic heterocycles. The predicted octanol–water partition coefficient (Wildman–Crippen LogP) is 14.4. The molecule has 0 amide bonds. The highest BCUT2D eigenvalue weighted by atomic mass is 16.7. The highest BCUT2D eigenvalue weighted by Crippen LogP contribution is 2.22. The molecule has 1 saturated heterocycles. The molecule has 6 atom stereocenters. The van der Waals surface area contributed by atoms with E-state index in [0.717, 1.165) is 141 Å². The first-order valence-electron chi connectivity index (χ1n) is 27.6. The van der Waals surface area contributed by atoms with Crippen molar-refractivity contribution in [1.29, 1.82) is 0 Å². The number of esters is 1. The normalized spacial score (nSPS) is 20.0. The lowest BCUT2D eigenvalue weighted by Crippen LogP contribution is -2.59. The summed E-state index contributed by atoms with van der Waals surface area (Å²) in [5, 5.41) is 40.3. The van der Waals surface area contributed by atoms with Gasteiger partial charge >= 0.3 is 5.97 Å². The molecule has 404 valence electrons. The largest absolute Gasteiger partial charge is 0.457 e. The maximum absolute atomic E-state index is 12.9. The van der Waals surface area contributed by atoms with Crippen LogP contribution in [0.1, 0.15) is 168 Å². The minimum atomic E-state index is -1.56.